The molecule has 1 aromatic heterocycles. The molecule has 2 aromatic rings. The molecule has 0 spiro atoms. The molecule has 0 atom stereocenters. The Labute approximate surface area is 140 Å². The van der Waals surface area contributed by atoms with Crippen molar-refractivity contribution in [2.45, 2.75) is 4.90 Å². The van der Waals surface area contributed by atoms with Gasteiger partial charge >= 0.3 is 0 Å². The third kappa shape index (κ3) is 3.63. The van der Waals surface area contributed by atoms with Crippen molar-refractivity contribution in [3.8, 4) is 17.5 Å². The van der Waals surface area contributed by atoms with Gasteiger partial charge in [0.05, 0.1) is 10.7 Å². The molecule has 0 aliphatic heterocycles. The van der Waals surface area contributed by atoms with E-state index in [1.54, 1.807) is 6.07 Å². The molecule has 7 N–H and O–H groups in total. The Bertz CT molecular complexity index is 960. The third-order valence-corrected chi connectivity index (χ3v) is 3.99. The average molecular weight is 369 g/mol. The highest BCUT2D eigenvalue weighted by Gasteiger charge is 2.20. The molecule has 0 saturated heterocycles. The van der Waals surface area contributed by atoms with Crippen LogP contribution >= 0.6 is 11.6 Å². The van der Waals surface area contributed by atoms with Gasteiger partial charge in [-0.15, -0.1) is 10.2 Å². The van der Waals surface area contributed by atoms with Crippen LogP contribution in [0.25, 0.3) is 11.4 Å². The number of nitrogens with zero attached hydrogens (tertiary/aromatic N) is 5. The number of H-pyrrole nitrogens is 1. The van der Waals surface area contributed by atoms with Gasteiger partial charge in [-0.3, -0.25) is 10.8 Å². The van der Waals surface area contributed by atoms with Gasteiger partial charge in [0.2, 0.25) is 21.6 Å². The molecular weight excluding hydrogens is 360 g/mol. The van der Waals surface area contributed by atoms with Gasteiger partial charge in [0.15, 0.2) is 5.84 Å². The second kappa shape index (κ2) is 6.58. The topological polar surface area (TPSA) is 213 Å². The Hall–Kier alpha value is -3.08. The quantitative estimate of drug-likeness (QED) is 0.260. The van der Waals surface area contributed by atoms with Crippen LogP contribution in [0.5, 0.6) is 0 Å². The molecule has 124 valence electrons. The van der Waals surface area contributed by atoms with Gasteiger partial charge in [-0.2, -0.15) is 15.6 Å². The van der Waals surface area contributed by atoms with E-state index >= 15 is 0 Å². The van der Waals surface area contributed by atoms with Crippen LogP contribution in [0.4, 0.5) is 5.69 Å². The van der Waals surface area contributed by atoms with Crippen molar-refractivity contribution >= 4 is 38.9 Å². The molecule has 14 heteroatoms. The van der Waals surface area contributed by atoms with Gasteiger partial charge in [-0.25, -0.2) is 13.6 Å². The largest absolute Gasteiger partial charge is 0.382 e. The summed E-state index contributed by atoms with van der Waals surface area (Å²) >= 11 is 5.92. The lowest BCUT2D eigenvalue weighted by Gasteiger charge is -2.10. The lowest BCUT2D eigenvalue weighted by atomic mass is 10.1. The Morgan fingerprint density at radius 2 is 2.21 bits per heavy atom. The summed E-state index contributed by atoms with van der Waals surface area (Å²) in [4.78, 5) is -0.356. The lowest BCUT2D eigenvalue weighted by molar-refractivity contribution is 0.598. The van der Waals surface area contributed by atoms with E-state index in [0.29, 0.717) is 0 Å². The molecule has 0 aliphatic rings. The highest BCUT2D eigenvalue weighted by molar-refractivity contribution is 7.89. The van der Waals surface area contributed by atoms with Crippen molar-refractivity contribution in [3.63, 3.8) is 0 Å². The predicted octanol–water partition coefficient (Wildman–Crippen LogP) is -0.605. The maximum Gasteiger partial charge on any atom is 0.239 e. The van der Waals surface area contributed by atoms with Gasteiger partial charge in [0.1, 0.15) is 11.0 Å². The zero-order valence-electron chi connectivity index (χ0n) is 11.6. The van der Waals surface area contributed by atoms with E-state index in [0.717, 1.165) is 6.07 Å². The summed E-state index contributed by atoms with van der Waals surface area (Å²) in [6, 6.07) is 3.94. The summed E-state index contributed by atoms with van der Waals surface area (Å²) < 4.78 is 23.2. The van der Waals surface area contributed by atoms with Crippen LogP contribution in [-0.2, 0) is 10.0 Å². The molecule has 0 bridgehead atoms. The van der Waals surface area contributed by atoms with Gasteiger partial charge in [-0.1, -0.05) is 11.6 Å². The number of benzene rings is 1. The van der Waals surface area contributed by atoms with Crippen molar-refractivity contribution in [1.29, 1.82) is 10.7 Å². The molecule has 0 aliphatic carbocycles. The first-order valence-corrected chi connectivity index (χ1v) is 7.85. The molecule has 1 heterocycles. The number of halogens is 1. The summed E-state index contributed by atoms with van der Waals surface area (Å²) in [5.74, 6) is -0.533. The predicted molar refractivity (Wildman–Crippen MR) is 84.6 cm³/mol. The third-order valence-electron chi connectivity index (χ3n) is 2.61. The lowest BCUT2D eigenvalue weighted by Crippen LogP contribution is -2.22. The molecule has 0 saturated carbocycles. The molecule has 1 aromatic carbocycles. The van der Waals surface area contributed by atoms with E-state index < -0.39 is 15.9 Å². The second-order valence-corrected chi connectivity index (χ2v) is 6.14. The second-order valence-electron chi connectivity index (χ2n) is 4.21. The average Bonchev–Trinajstić information content (AvgIpc) is 3.00. The van der Waals surface area contributed by atoms with Crippen LogP contribution in [0, 0.1) is 16.7 Å². The number of sulfonamides is 1. The fourth-order valence-electron chi connectivity index (χ4n) is 1.59. The van der Waals surface area contributed by atoms with Gasteiger partial charge in [-0.05, 0) is 17.3 Å². The summed E-state index contributed by atoms with van der Waals surface area (Å²) in [6.07, 6.45) is 0. The minimum absolute atomic E-state index is 0.0237. The number of primary sulfonamides is 1. The smallest absolute Gasteiger partial charge is 0.239 e. The zero-order chi connectivity index (χ0) is 17.9. The maximum atomic E-state index is 11.6. The van der Waals surface area contributed by atoms with E-state index in [1.807, 2.05) is 0 Å². The summed E-state index contributed by atoms with van der Waals surface area (Å²) in [6.45, 7) is 0. The van der Waals surface area contributed by atoms with Crippen molar-refractivity contribution in [3.05, 3.63) is 17.2 Å². The minimum atomic E-state index is -4.10. The standard InChI is InChI=1S/C10H9ClN10O2S/c11-5-2-6(16-17-7(3-12)9(13)14)4(10-18-20-21-19-10)1-8(5)24(15,22)23/h1-2,16H,(H3,13,14)(H2,15,22,23)(H,18,19,20,21)/b17-7+. The van der Waals surface area contributed by atoms with E-state index in [9.17, 15) is 8.42 Å². The SMILES string of the molecule is N#C/C(=N\Nc1cc(Cl)c(S(N)(=O)=O)cc1-c1nn[nH]n1)C(=N)N. The van der Waals surface area contributed by atoms with Crippen LogP contribution in [0.1, 0.15) is 0 Å². The van der Waals surface area contributed by atoms with Crippen molar-refractivity contribution < 1.29 is 8.42 Å². The first-order chi connectivity index (χ1) is 11.2. The number of nitrogens with one attached hydrogen (secondary N) is 3. The minimum Gasteiger partial charge on any atom is -0.382 e. The van der Waals surface area contributed by atoms with Crippen molar-refractivity contribution in [1.82, 2.24) is 20.6 Å². The highest BCUT2D eigenvalue weighted by Crippen LogP contribution is 2.33. The molecule has 0 amide bonds. The molecule has 12 nitrogen and oxygen atoms in total. The number of nitriles is 1. The summed E-state index contributed by atoms with van der Waals surface area (Å²) in [7, 11) is -4.10. The van der Waals surface area contributed by atoms with Crippen LogP contribution in [0.3, 0.4) is 0 Å². The molecule has 0 fully saturated rings. The van der Waals surface area contributed by atoms with E-state index in [2.05, 4.69) is 31.2 Å². The zero-order valence-corrected chi connectivity index (χ0v) is 13.2. The Balaban J connectivity index is 2.61. The van der Waals surface area contributed by atoms with Crippen LogP contribution < -0.4 is 16.3 Å². The number of tetrazole rings is 1. The molecule has 24 heavy (non-hydrogen) atoms. The first kappa shape index (κ1) is 17.3. The Morgan fingerprint density at radius 3 is 2.71 bits per heavy atom. The van der Waals surface area contributed by atoms with E-state index in [1.165, 1.54) is 6.07 Å². The normalized spacial score (nSPS) is 11.8. The number of hydrazone groups is 1. The number of hydrogen-bond donors (Lipinski definition) is 5. The molecule has 2 rings (SSSR count). The number of nitrogens with two attached hydrogens (primary N) is 2. The molecule has 0 radical (unpaired) electrons. The first-order valence-electron chi connectivity index (χ1n) is 5.92. The number of amidine groups is 1. The van der Waals surface area contributed by atoms with E-state index in [-0.39, 0.29) is 32.7 Å². The number of hydrogen-bond acceptors (Lipinski definition) is 9. The van der Waals surface area contributed by atoms with Crippen LogP contribution in [0.15, 0.2) is 22.1 Å². The monoisotopic (exact) mass is 368 g/mol. The Kier molecular flexibility index (Phi) is 4.74. The van der Waals surface area contributed by atoms with Gasteiger partial charge in [0, 0.05) is 5.56 Å². The Morgan fingerprint density at radius 1 is 1.50 bits per heavy atom. The van der Waals surface area contributed by atoms with Crippen molar-refractivity contribution in [2.24, 2.45) is 16.0 Å². The summed E-state index contributed by atoms with van der Waals surface area (Å²) in [5.41, 5.74) is 7.53. The summed E-state index contributed by atoms with van der Waals surface area (Å²) in [5, 5.41) is 37.6. The highest BCUT2D eigenvalue weighted by atomic mass is 35.5. The van der Waals surface area contributed by atoms with Crippen LogP contribution in [-0.4, -0.2) is 40.6 Å². The van der Waals surface area contributed by atoms with E-state index in [4.69, 9.17) is 33.1 Å². The van der Waals surface area contributed by atoms with Crippen molar-refractivity contribution in [2.75, 3.05) is 5.43 Å². The van der Waals surface area contributed by atoms with Gasteiger partial charge in [0.25, 0.3) is 0 Å². The number of rotatable bonds is 5. The molecule has 0 unspecified atom stereocenters. The molecular formula is C10H9ClN10O2S. The number of anilines is 1. The maximum absolute atomic E-state index is 11.6. The number of aromatic amines is 1. The fraction of sp³-hybridized carbons (Fsp3) is 0. The fourth-order valence-corrected chi connectivity index (χ4v) is 2.69. The van der Waals surface area contributed by atoms with Gasteiger partial charge < -0.3 is 5.73 Å². The van der Waals surface area contributed by atoms with Crippen LogP contribution in [0.2, 0.25) is 5.02 Å². The number of aromatic nitrogens is 4.